The topological polar surface area (TPSA) is 53.0 Å². The van der Waals surface area contributed by atoms with Crippen molar-refractivity contribution in [2.45, 2.75) is 26.2 Å². The Kier molecular flexibility index (Phi) is 5.07. The van der Waals surface area contributed by atoms with E-state index in [4.69, 9.17) is 5.73 Å². The van der Waals surface area contributed by atoms with E-state index in [2.05, 4.69) is 17.9 Å². The van der Waals surface area contributed by atoms with E-state index in [1.807, 2.05) is 12.2 Å². The summed E-state index contributed by atoms with van der Waals surface area (Å²) in [7, 11) is 0. The number of nitrogens with two attached hydrogens (primary N) is 1. The fourth-order valence-electron chi connectivity index (χ4n) is 2.10. The lowest BCUT2D eigenvalue weighted by Crippen LogP contribution is -2.39. The van der Waals surface area contributed by atoms with Gasteiger partial charge in [-0.3, -0.25) is 0 Å². The van der Waals surface area contributed by atoms with Crippen molar-refractivity contribution in [2.75, 3.05) is 19.6 Å². The van der Waals surface area contributed by atoms with Gasteiger partial charge in [0.1, 0.15) is 0 Å². The molecule has 0 amide bonds. The highest BCUT2D eigenvalue weighted by Crippen LogP contribution is 2.34. The molecule has 0 spiro atoms. The first-order valence-electron chi connectivity index (χ1n) is 5.93. The van der Waals surface area contributed by atoms with Crippen LogP contribution in [0.2, 0.25) is 0 Å². The molecule has 0 aromatic rings. The fraction of sp³-hybridized carbons (Fsp3) is 0.615. The highest BCUT2D eigenvalue weighted by Gasteiger charge is 2.32. The van der Waals surface area contributed by atoms with Gasteiger partial charge in [0.25, 0.3) is 0 Å². The van der Waals surface area contributed by atoms with E-state index < -0.39 is 0 Å². The zero-order valence-electron chi connectivity index (χ0n) is 10.0. The second-order valence-corrected chi connectivity index (χ2v) is 4.34. The van der Waals surface area contributed by atoms with Gasteiger partial charge in [0.05, 0.1) is 11.5 Å². The van der Waals surface area contributed by atoms with Gasteiger partial charge in [0.2, 0.25) is 0 Å². The largest absolute Gasteiger partial charge is 0.405 e. The molecule has 0 radical (unpaired) electrons. The highest BCUT2D eigenvalue weighted by molar-refractivity contribution is 5.09. The second kappa shape index (κ2) is 6.34. The maximum atomic E-state index is 9.31. The van der Waals surface area contributed by atoms with Gasteiger partial charge in [-0.25, -0.2) is 0 Å². The van der Waals surface area contributed by atoms with Crippen LogP contribution in [0.5, 0.6) is 0 Å². The molecule has 0 aliphatic carbocycles. The van der Waals surface area contributed by atoms with Gasteiger partial charge in [0.15, 0.2) is 0 Å². The molecule has 1 fully saturated rings. The van der Waals surface area contributed by atoms with Crippen LogP contribution in [0.15, 0.2) is 24.4 Å². The summed E-state index contributed by atoms with van der Waals surface area (Å²) in [5, 5.41) is 9.31. The minimum absolute atomic E-state index is 0.148. The highest BCUT2D eigenvalue weighted by atomic mass is 15.1. The zero-order chi connectivity index (χ0) is 11.9. The lowest BCUT2D eigenvalue weighted by molar-refractivity contribution is 0.152. The first kappa shape index (κ1) is 12.8. The molecule has 2 N–H and O–H groups in total. The van der Waals surface area contributed by atoms with E-state index >= 15 is 0 Å². The molecular formula is C13H21N3. The van der Waals surface area contributed by atoms with E-state index in [-0.39, 0.29) is 5.41 Å². The Morgan fingerprint density at radius 1 is 1.38 bits per heavy atom. The predicted molar refractivity (Wildman–Crippen MR) is 66.5 cm³/mol. The van der Waals surface area contributed by atoms with Gasteiger partial charge in [-0.2, -0.15) is 5.26 Å². The van der Waals surface area contributed by atoms with Gasteiger partial charge in [-0.15, -0.1) is 0 Å². The van der Waals surface area contributed by atoms with Crippen LogP contribution in [0.25, 0.3) is 0 Å². The van der Waals surface area contributed by atoms with Crippen molar-refractivity contribution in [1.29, 1.82) is 5.26 Å². The molecule has 0 bridgehead atoms. The van der Waals surface area contributed by atoms with E-state index in [0.717, 1.165) is 38.9 Å². The number of piperidine rings is 1. The Hall–Kier alpha value is -1.27. The van der Waals surface area contributed by atoms with Crippen molar-refractivity contribution in [3.63, 3.8) is 0 Å². The van der Waals surface area contributed by atoms with E-state index in [0.29, 0.717) is 0 Å². The normalized spacial score (nSPS) is 21.5. The maximum absolute atomic E-state index is 9.31. The number of allylic oxidation sites excluding steroid dienone is 3. The molecule has 1 heterocycles. The van der Waals surface area contributed by atoms with Crippen molar-refractivity contribution in [3.05, 3.63) is 24.4 Å². The summed E-state index contributed by atoms with van der Waals surface area (Å²) in [5.41, 5.74) is 5.10. The average Bonchev–Trinajstić information content (AvgIpc) is 2.35. The van der Waals surface area contributed by atoms with Crippen LogP contribution in [0.3, 0.4) is 0 Å². The van der Waals surface area contributed by atoms with Crippen LogP contribution in [-0.4, -0.2) is 24.5 Å². The van der Waals surface area contributed by atoms with E-state index in [1.54, 1.807) is 6.08 Å². The molecule has 0 aromatic carbocycles. The van der Waals surface area contributed by atoms with Crippen LogP contribution in [0.1, 0.15) is 26.2 Å². The second-order valence-electron chi connectivity index (χ2n) is 4.34. The summed E-state index contributed by atoms with van der Waals surface area (Å²) in [5.74, 6) is 0. The van der Waals surface area contributed by atoms with E-state index in [1.165, 1.54) is 6.20 Å². The molecule has 0 atom stereocenters. The van der Waals surface area contributed by atoms with Crippen molar-refractivity contribution < 1.29 is 0 Å². The average molecular weight is 219 g/mol. The van der Waals surface area contributed by atoms with Gasteiger partial charge < -0.3 is 10.6 Å². The van der Waals surface area contributed by atoms with Gasteiger partial charge in [0, 0.05) is 0 Å². The SMILES string of the molecule is CCN1CCC(C#N)(C/C=C\C=C/N)CC1. The Morgan fingerprint density at radius 3 is 2.56 bits per heavy atom. The number of rotatable bonds is 4. The number of hydrogen-bond acceptors (Lipinski definition) is 3. The Morgan fingerprint density at radius 2 is 2.06 bits per heavy atom. The molecule has 3 nitrogen and oxygen atoms in total. The summed E-state index contributed by atoms with van der Waals surface area (Å²) in [6, 6.07) is 2.51. The first-order valence-corrected chi connectivity index (χ1v) is 5.93. The molecule has 0 unspecified atom stereocenters. The van der Waals surface area contributed by atoms with Gasteiger partial charge in [-0.05, 0) is 51.2 Å². The third-order valence-corrected chi connectivity index (χ3v) is 3.36. The predicted octanol–water partition coefficient (Wildman–Crippen LogP) is 2.03. The zero-order valence-corrected chi connectivity index (χ0v) is 10.0. The third-order valence-electron chi connectivity index (χ3n) is 3.36. The number of likely N-dealkylation sites (tertiary alicyclic amines) is 1. The van der Waals surface area contributed by atoms with Crippen molar-refractivity contribution in [3.8, 4) is 6.07 Å². The standard InChI is InChI=1S/C13H21N3/c1-2-16-10-7-13(12-15,8-11-16)6-4-3-5-9-14/h3-5,9H,2,6-8,10-11,14H2,1H3/b4-3-,9-5-. The molecule has 0 saturated carbocycles. The summed E-state index contributed by atoms with van der Waals surface area (Å²) in [6.45, 7) is 5.35. The van der Waals surface area contributed by atoms with Crippen molar-refractivity contribution in [2.24, 2.45) is 11.1 Å². The quantitative estimate of drug-likeness (QED) is 0.736. The lowest BCUT2D eigenvalue weighted by atomic mass is 9.77. The molecule has 16 heavy (non-hydrogen) atoms. The molecule has 1 aliphatic rings. The van der Waals surface area contributed by atoms with Gasteiger partial charge >= 0.3 is 0 Å². The number of hydrogen-bond donors (Lipinski definition) is 1. The van der Waals surface area contributed by atoms with Crippen LogP contribution >= 0.6 is 0 Å². The van der Waals surface area contributed by atoms with E-state index in [9.17, 15) is 5.26 Å². The lowest BCUT2D eigenvalue weighted by Gasteiger charge is -2.36. The van der Waals surface area contributed by atoms with Crippen LogP contribution < -0.4 is 5.73 Å². The van der Waals surface area contributed by atoms with Crippen molar-refractivity contribution >= 4 is 0 Å². The molecule has 1 rings (SSSR count). The minimum Gasteiger partial charge on any atom is -0.405 e. The summed E-state index contributed by atoms with van der Waals surface area (Å²) < 4.78 is 0. The molecule has 0 aromatic heterocycles. The third kappa shape index (κ3) is 3.39. The minimum atomic E-state index is -0.148. The number of nitriles is 1. The maximum Gasteiger partial charge on any atom is 0.0694 e. The molecule has 3 heteroatoms. The Bertz CT molecular complexity index is 291. The summed E-state index contributed by atoms with van der Waals surface area (Å²) in [6.07, 6.45) is 10.1. The summed E-state index contributed by atoms with van der Waals surface area (Å²) in [4.78, 5) is 2.40. The Labute approximate surface area is 98.2 Å². The smallest absolute Gasteiger partial charge is 0.0694 e. The monoisotopic (exact) mass is 219 g/mol. The van der Waals surface area contributed by atoms with Gasteiger partial charge in [-0.1, -0.05) is 19.1 Å². The summed E-state index contributed by atoms with van der Waals surface area (Å²) >= 11 is 0. The van der Waals surface area contributed by atoms with Crippen LogP contribution in [0.4, 0.5) is 0 Å². The van der Waals surface area contributed by atoms with Crippen LogP contribution in [0, 0.1) is 16.7 Å². The fourth-order valence-corrected chi connectivity index (χ4v) is 2.10. The van der Waals surface area contributed by atoms with Crippen LogP contribution in [-0.2, 0) is 0 Å². The molecule has 1 aliphatic heterocycles. The Balaban J connectivity index is 2.50. The molecular weight excluding hydrogens is 198 g/mol. The molecule has 88 valence electrons. The molecule has 1 saturated heterocycles. The van der Waals surface area contributed by atoms with Crippen molar-refractivity contribution in [1.82, 2.24) is 4.90 Å². The first-order chi connectivity index (χ1) is 7.76. The number of nitrogens with zero attached hydrogens (tertiary/aromatic N) is 2.